The van der Waals surface area contributed by atoms with E-state index in [4.69, 9.17) is 0 Å². The third kappa shape index (κ3) is 7.53. The molecule has 0 aromatic heterocycles. The molecule has 6 nitrogen and oxygen atoms in total. The minimum atomic E-state index is 0. The second kappa shape index (κ2) is 13.2. The van der Waals surface area contributed by atoms with E-state index in [2.05, 4.69) is 48.9 Å². The SMILES string of the molecule is CC(C)[C@@H](CN1CC[C@@](C)(c2cccc(O)c2)[C@@H](C)C1)NC(=O)CN1CCc2cc(O)ccc2C1.Cl.Cl. The van der Waals surface area contributed by atoms with Crippen molar-refractivity contribution in [2.75, 3.05) is 32.7 Å². The van der Waals surface area contributed by atoms with E-state index in [9.17, 15) is 15.0 Å². The fourth-order valence-corrected chi connectivity index (χ4v) is 5.66. The summed E-state index contributed by atoms with van der Waals surface area (Å²) in [6.07, 6.45) is 1.88. The number of hydrogen-bond donors (Lipinski definition) is 3. The molecule has 3 atom stereocenters. The monoisotopic (exact) mass is 551 g/mol. The van der Waals surface area contributed by atoms with Crippen molar-refractivity contribution >= 4 is 30.7 Å². The molecule has 2 aliphatic heterocycles. The lowest BCUT2D eigenvalue weighted by Gasteiger charge is -2.46. The Hall–Kier alpha value is -1.99. The van der Waals surface area contributed by atoms with Gasteiger partial charge in [-0.1, -0.05) is 45.9 Å². The number of aromatic hydroxyl groups is 2. The smallest absolute Gasteiger partial charge is 0.234 e. The average Bonchev–Trinajstić information content (AvgIpc) is 2.81. The number of halogens is 2. The first-order valence-electron chi connectivity index (χ1n) is 13.0. The Kier molecular flexibility index (Phi) is 11.1. The van der Waals surface area contributed by atoms with E-state index in [0.717, 1.165) is 45.6 Å². The molecule has 1 amide bonds. The van der Waals surface area contributed by atoms with Crippen molar-refractivity contribution in [2.24, 2.45) is 11.8 Å². The fourth-order valence-electron chi connectivity index (χ4n) is 5.66. The molecule has 2 aromatic rings. The summed E-state index contributed by atoms with van der Waals surface area (Å²) in [6, 6.07) is 13.3. The summed E-state index contributed by atoms with van der Waals surface area (Å²) in [7, 11) is 0. The maximum Gasteiger partial charge on any atom is 0.234 e. The number of carbonyl (C=O) groups excluding carboxylic acids is 1. The number of amides is 1. The van der Waals surface area contributed by atoms with Crippen molar-refractivity contribution in [3.8, 4) is 11.5 Å². The number of fused-ring (bicyclic) bond motifs is 1. The number of rotatable bonds is 7. The van der Waals surface area contributed by atoms with Gasteiger partial charge in [0.05, 0.1) is 6.54 Å². The average molecular weight is 553 g/mol. The van der Waals surface area contributed by atoms with E-state index in [-0.39, 0.29) is 42.2 Å². The minimum absolute atomic E-state index is 0. The molecule has 2 heterocycles. The Labute approximate surface area is 234 Å². The molecule has 0 saturated carbocycles. The lowest BCUT2D eigenvalue weighted by Crippen LogP contribution is -2.54. The summed E-state index contributed by atoms with van der Waals surface area (Å²) in [6.45, 7) is 13.7. The first-order valence-corrected chi connectivity index (χ1v) is 13.0. The molecule has 4 rings (SSSR count). The van der Waals surface area contributed by atoms with Crippen molar-refractivity contribution in [3.05, 3.63) is 59.2 Å². The van der Waals surface area contributed by atoms with Gasteiger partial charge in [-0.05, 0) is 77.6 Å². The van der Waals surface area contributed by atoms with E-state index < -0.39 is 0 Å². The van der Waals surface area contributed by atoms with E-state index >= 15 is 0 Å². The highest BCUT2D eigenvalue weighted by molar-refractivity contribution is 5.85. The zero-order valence-electron chi connectivity index (χ0n) is 22.4. The second-order valence-corrected chi connectivity index (χ2v) is 11.2. The van der Waals surface area contributed by atoms with Gasteiger partial charge in [-0.25, -0.2) is 0 Å². The lowest BCUT2D eigenvalue weighted by molar-refractivity contribution is -0.123. The number of phenolic OH excluding ortho intramolecular Hbond substituents is 2. The van der Waals surface area contributed by atoms with E-state index in [1.165, 1.54) is 16.7 Å². The van der Waals surface area contributed by atoms with Crippen molar-refractivity contribution in [2.45, 2.75) is 58.5 Å². The molecule has 0 bridgehead atoms. The number of hydrogen-bond acceptors (Lipinski definition) is 5. The van der Waals surface area contributed by atoms with Crippen LogP contribution in [0.1, 0.15) is 50.8 Å². The molecule has 1 fully saturated rings. The van der Waals surface area contributed by atoms with Crippen LogP contribution in [0.25, 0.3) is 0 Å². The molecule has 0 unspecified atom stereocenters. The van der Waals surface area contributed by atoms with Gasteiger partial charge in [0, 0.05) is 32.2 Å². The Morgan fingerprint density at radius 3 is 2.46 bits per heavy atom. The third-order valence-corrected chi connectivity index (χ3v) is 8.33. The molecule has 0 radical (unpaired) electrons. The van der Waals surface area contributed by atoms with Crippen LogP contribution in [0, 0.1) is 11.8 Å². The number of benzene rings is 2. The van der Waals surface area contributed by atoms with Gasteiger partial charge in [0.2, 0.25) is 5.91 Å². The maximum absolute atomic E-state index is 13.0. The van der Waals surface area contributed by atoms with Gasteiger partial charge in [0.1, 0.15) is 11.5 Å². The predicted octanol–water partition coefficient (Wildman–Crippen LogP) is 4.74. The highest BCUT2D eigenvalue weighted by Gasteiger charge is 2.38. The highest BCUT2D eigenvalue weighted by atomic mass is 35.5. The van der Waals surface area contributed by atoms with E-state index in [0.29, 0.717) is 29.9 Å². The van der Waals surface area contributed by atoms with Crippen molar-refractivity contribution < 1.29 is 15.0 Å². The second-order valence-electron chi connectivity index (χ2n) is 11.2. The molecule has 1 saturated heterocycles. The Morgan fingerprint density at radius 1 is 1.05 bits per heavy atom. The summed E-state index contributed by atoms with van der Waals surface area (Å²) >= 11 is 0. The van der Waals surface area contributed by atoms with Crippen LogP contribution in [0.2, 0.25) is 0 Å². The first kappa shape index (κ1) is 31.2. The zero-order valence-corrected chi connectivity index (χ0v) is 24.1. The first-order chi connectivity index (χ1) is 16.6. The maximum atomic E-state index is 13.0. The molecular formula is C29H43Cl2N3O3. The van der Waals surface area contributed by atoms with Crippen LogP contribution in [0.5, 0.6) is 11.5 Å². The zero-order chi connectivity index (χ0) is 25.2. The van der Waals surface area contributed by atoms with Crippen LogP contribution < -0.4 is 5.32 Å². The van der Waals surface area contributed by atoms with Gasteiger partial charge in [-0.2, -0.15) is 0 Å². The van der Waals surface area contributed by atoms with Crippen LogP contribution in [0.4, 0.5) is 0 Å². The van der Waals surface area contributed by atoms with Crippen LogP contribution in [-0.4, -0.2) is 64.7 Å². The number of nitrogens with one attached hydrogen (secondary N) is 1. The summed E-state index contributed by atoms with van der Waals surface area (Å²) < 4.78 is 0. The molecule has 37 heavy (non-hydrogen) atoms. The summed E-state index contributed by atoms with van der Waals surface area (Å²) in [4.78, 5) is 17.7. The molecule has 2 aliphatic rings. The summed E-state index contributed by atoms with van der Waals surface area (Å²) in [5.41, 5.74) is 3.61. The van der Waals surface area contributed by atoms with Crippen molar-refractivity contribution in [1.29, 1.82) is 0 Å². The van der Waals surface area contributed by atoms with Gasteiger partial charge in [0.25, 0.3) is 0 Å². The molecule has 206 valence electrons. The quantitative estimate of drug-likeness (QED) is 0.463. The summed E-state index contributed by atoms with van der Waals surface area (Å²) in [5, 5.41) is 23.0. The van der Waals surface area contributed by atoms with Gasteiger partial charge in [0.15, 0.2) is 0 Å². The normalized spacial score (nSPS) is 22.9. The summed E-state index contributed by atoms with van der Waals surface area (Å²) in [5.74, 6) is 1.51. The van der Waals surface area contributed by atoms with Crippen molar-refractivity contribution in [3.63, 3.8) is 0 Å². The number of phenols is 2. The van der Waals surface area contributed by atoms with Crippen LogP contribution in [0.15, 0.2) is 42.5 Å². The van der Waals surface area contributed by atoms with Gasteiger partial charge in [-0.15, -0.1) is 24.8 Å². The number of carbonyl (C=O) groups is 1. The van der Waals surface area contributed by atoms with Gasteiger partial charge < -0.3 is 20.4 Å². The molecular weight excluding hydrogens is 509 g/mol. The Morgan fingerprint density at radius 2 is 1.78 bits per heavy atom. The predicted molar refractivity (Wildman–Crippen MR) is 154 cm³/mol. The molecule has 2 aromatic carbocycles. The largest absolute Gasteiger partial charge is 0.508 e. The van der Waals surface area contributed by atoms with Crippen LogP contribution in [-0.2, 0) is 23.2 Å². The van der Waals surface area contributed by atoms with Crippen molar-refractivity contribution in [1.82, 2.24) is 15.1 Å². The molecule has 0 spiro atoms. The Bertz CT molecular complexity index is 1050. The van der Waals surface area contributed by atoms with Crippen LogP contribution >= 0.6 is 24.8 Å². The Balaban J connectivity index is 0.00000241. The van der Waals surface area contributed by atoms with Gasteiger partial charge >= 0.3 is 0 Å². The molecule has 8 heteroatoms. The molecule has 3 N–H and O–H groups in total. The van der Waals surface area contributed by atoms with E-state index in [1.807, 2.05) is 24.3 Å². The number of nitrogens with zero attached hydrogens (tertiary/aromatic N) is 2. The van der Waals surface area contributed by atoms with Crippen LogP contribution in [0.3, 0.4) is 0 Å². The fraction of sp³-hybridized carbons (Fsp3) is 0.552. The molecule has 0 aliphatic carbocycles. The highest BCUT2D eigenvalue weighted by Crippen LogP contribution is 2.40. The topological polar surface area (TPSA) is 76.0 Å². The van der Waals surface area contributed by atoms with E-state index in [1.54, 1.807) is 12.1 Å². The lowest BCUT2D eigenvalue weighted by atomic mass is 9.68. The number of piperidine rings is 1. The standard InChI is InChI=1S/C29H41N3O3.2ClH/c1-20(2)27(30-28(35)19-31-12-10-22-14-26(34)9-8-23(22)17-31)18-32-13-11-29(4,21(3)16-32)24-6-5-7-25(33)15-24;;/h5-9,14-15,20-21,27,33-34H,10-13,16-19H2,1-4H3,(H,30,35);2*1H/t21-,27+,29+;;/m0../s1. The third-order valence-electron chi connectivity index (χ3n) is 8.33. The van der Waals surface area contributed by atoms with Gasteiger partial charge in [-0.3, -0.25) is 9.69 Å². The minimum Gasteiger partial charge on any atom is -0.508 e. The number of likely N-dealkylation sites (tertiary alicyclic amines) is 1.